The summed E-state index contributed by atoms with van der Waals surface area (Å²) in [6.45, 7) is 0.335. The van der Waals surface area contributed by atoms with Crippen LogP contribution in [0.5, 0.6) is 0 Å². The highest BCUT2D eigenvalue weighted by atomic mass is 32.1. The van der Waals surface area contributed by atoms with E-state index in [9.17, 15) is 4.79 Å². The van der Waals surface area contributed by atoms with E-state index in [2.05, 4.69) is 20.6 Å². The second-order valence-electron chi connectivity index (χ2n) is 5.07. The third-order valence-corrected chi connectivity index (χ3v) is 4.27. The van der Waals surface area contributed by atoms with E-state index in [-0.39, 0.29) is 11.8 Å². The van der Waals surface area contributed by atoms with Gasteiger partial charge in [0.1, 0.15) is 0 Å². The lowest BCUT2D eigenvalue weighted by Crippen LogP contribution is -2.21. The lowest BCUT2D eigenvalue weighted by molar-refractivity contribution is -0.117. The van der Waals surface area contributed by atoms with E-state index in [0.29, 0.717) is 13.0 Å². The zero-order chi connectivity index (χ0) is 16.1. The predicted octanol–water partition coefficient (Wildman–Crippen LogP) is 3.83. The number of carbonyl (C=O) groups is 1. The summed E-state index contributed by atoms with van der Waals surface area (Å²) in [4.78, 5) is 12.6. The molecule has 3 aromatic rings. The Morgan fingerprint density at radius 3 is 3.04 bits per heavy atom. The first kappa shape index (κ1) is 15.2. The summed E-state index contributed by atoms with van der Waals surface area (Å²) in [5.41, 5.74) is 9.42. The van der Waals surface area contributed by atoms with Crippen LogP contribution < -0.4 is 5.32 Å². The Kier molecular flexibility index (Phi) is 4.68. The van der Waals surface area contributed by atoms with Crippen LogP contribution in [-0.4, -0.2) is 22.6 Å². The molecular weight excluding hydrogens is 310 g/mol. The Bertz CT molecular complexity index is 818. The highest BCUT2D eigenvalue weighted by Gasteiger charge is 2.21. The molecule has 3 rings (SSSR count). The fourth-order valence-corrected chi connectivity index (χ4v) is 3.13. The number of anilines is 1. The van der Waals surface area contributed by atoms with Crippen molar-refractivity contribution in [2.75, 3.05) is 11.9 Å². The highest BCUT2D eigenvalue weighted by molar-refractivity contribution is 7.08. The standard InChI is InChI=1S/C16H15N5OS/c17-18-6-4-14(12-5-8-23-10-12)16(22)20-13-1-2-15-11(9-13)3-7-19-21-15/h1-3,5,7-10,14,17H,4,6H2,(H,20,22). The minimum Gasteiger partial charge on any atom is -0.326 e. The number of nitrogens with one attached hydrogen (secondary N) is 2. The van der Waals surface area contributed by atoms with Crippen LogP contribution in [0.4, 0.5) is 5.69 Å². The average molecular weight is 325 g/mol. The van der Waals surface area contributed by atoms with E-state index in [4.69, 9.17) is 5.53 Å². The van der Waals surface area contributed by atoms with Crippen molar-refractivity contribution in [2.45, 2.75) is 12.3 Å². The molecule has 0 radical (unpaired) electrons. The summed E-state index contributed by atoms with van der Waals surface area (Å²) in [5.74, 6) is -0.393. The molecule has 0 spiro atoms. The second-order valence-corrected chi connectivity index (χ2v) is 5.85. The van der Waals surface area contributed by atoms with Crippen molar-refractivity contribution in [1.82, 2.24) is 10.2 Å². The first-order valence-electron chi connectivity index (χ1n) is 7.15. The predicted molar refractivity (Wildman–Crippen MR) is 89.9 cm³/mol. The fraction of sp³-hybridized carbons (Fsp3) is 0.188. The van der Waals surface area contributed by atoms with Crippen LogP contribution in [0.2, 0.25) is 0 Å². The van der Waals surface area contributed by atoms with Gasteiger partial charge >= 0.3 is 0 Å². The van der Waals surface area contributed by atoms with Crippen molar-refractivity contribution in [3.05, 3.63) is 52.9 Å². The van der Waals surface area contributed by atoms with Crippen molar-refractivity contribution in [2.24, 2.45) is 5.11 Å². The van der Waals surface area contributed by atoms with E-state index in [0.717, 1.165) is 22.2 Å². The number of thiophene rings is 1. The molecule has 7 heteroatoms. The molecule has 1 aromatic carbocycles. The van der Waals surface area contributed by atoms with Crippen LogP contribution in [0.3, 0.4) is 0 Å². The maximum absolute atomic E-state index is 12.6. The van der Waals surface area contributed by atoms with Crippen molar-refractivity contribution in [1.29, 1.82) is 5.53 Å². The molecule has 0 bridgehead atoms. The van der Waals surface area contributed by atoms with Crippen LogP contribution in [0.15, 0.2) is 52.4 Å². The van der Waals surface area contributed by atoms with Gasteiger partial charge in [0.05, 0.1) is 24.2 Å². The number of carbonyl (C=O) groups excluding carboxylic acids is 1. The number of nitrogens with zero attached hydrogens (tertiary/aromatic N) is 3. The van der Waals surface area contributed by atoms with Crippen LogP contribution in [-0.2, 0) is 4.79 Å². The van der Waals surface area contributed by atoms with Gasteiger partial charge in [-0.15, -0.1) is 0 Å². The molecule has 2 aromatic heterocycles. The SMILES string of the molecule is N=NCCC(C(=O)Nc1ccc2nnccc2c1)c1ccsc1. The van der Waals surface area contributed by atoms with Gasteiger partial charge in [-0.1, -0.05) is 0 Å². The maximum atomic E-state index is 12.6. The molecule has 0 aliphatic carbocycles. The van der Waals surface area contributed by atoms with E-state index >= 15 is 0 Å². The average Bonchev–Trinajstić information content (AvgIpc) is 3.09. The number of aromatic nitrogens is 2. The minimum atomic E-state index is -0.304. The van der Waals surface area contributed by atoms with Crippen LogP contribution in [0.1, 0.15) is 17.9 Å². The normalized spacial score (nSPS) is 12.0. The Labute approximate surface area is 137 Å². The van der Waals surface area contributed by atoms with E-state index < -0.39 is 0 Å². The quantitative estimate of drug-likeness (QED) is 0.675. The van der Waals surface area contributed by atoms with E-state index in [1.165, 1.54) is 0 Å². The summed E-state index contributed by atoms with van der Waals surface area (Å²) in [5, 5.41) is 19.0. The Hall–Kier alpha value is -2.67. The molecule has 1 amide bonds. The van der Waals surface area contributed by atoms with Gasteiger partial charge in [0, 0.05) is 11.1 Å². The number of hydrogen-bond acceptors (Lipinski definition) is 6. The second kappa shape index (κ2) is 7.06. The monoisotopic (exact) mass is 325 g/mol. The Balaban J connectivity index is 1.80. The molecule has 0 aliphatic rings. The van der Waals surface area contributed by atoms with Gasteiger partial charge in [0.25, 0.3) is 0 Å². The van der Waals surface area contributed by atoms with Gasteiger partial charge in [-0.2, -0.15) is 26.6 Å². The third-order valence-electron chi connectivity index (χ3n) is 3.57. The largest absolute Gasteiger partial charge is 0.326 e. The van der Waals surface area contributed by atoms with Crippen LogP contribution in [0, 0.1) is 5.53 Å². The molecular formula is C16H15N5OS. The molecule has 6 nitrogen and oxygen atoms in total. The van der Waals surface area contributed by atoms with Gasteiger partial charge < -0.3 is 5.32 Å². The molecule has 0 saturated carbocycles. The molecule has 0 aliphatic heterocycles. The minimum absolute atomic E-state index is 0.0894. The number of fused-ring (bicyclic) bond motifs is 1. The molecule has 0 saturated heterocycles. The Morgan fingerprint density at radius 2 is 2.26 bits per heavy atom. The lowest BCUT2D eigenvalue weighted by Gasteiger charge is -2.15. The summed E-state index contributed by atoms with van der Waals surface area (Å²) in [7, 11) is 0. The van der Waals surface area contributed by atoms with Gasteiger partial charge in [-0.25, -0.2) is 5.53 Å². The zero-order valence-electron chi connectivity index (χ0n) is 12.3. The molecule has 23 heavy (non-hydrogen) atoms. The molecule has 1 unspecified atom stereocenters. The van der Waals surface area contributed by atoms with Crippen molar-refractivity contribution in [3.63, 3.8) is 0 Å². The maximum Gasteiger partial charge on any atom is 0.232 e. The number of amides is 1. The van der Waals surface area contributed by atoms with Crippen molar-refractivity contribution >= 4 is 33.8 Å². The van der Waals surface area contributed by atoms with Crippen LogP contribution >= 0.6 is 11.3 Å². The lowest BCUT2D eigenvalue weighted by atomic mass is 9.97. The highest BCUT2D eigenvalue weighted by Crippen LogP contribution is 2.25. The smallest absolute Gasteiger partial charge is 0.232 e. The summed E-state index contributed by atoms with van der Waals surface area (Å²) >= 11 is 1.55. The van der Waals surface area contributed by atoms with Gasteiger partial charge in [-0.05, 0) is 53.1 Å². The van der Waals surface area contributed by atoms with E-state index in [1.54, 1.807) is 17.5 Å². The van der Waals surface area contributed by atoms with Crippen molar-refractivity contribution in [3.8, 4) is 0 Å². The first-order valence-corrected chi connectivity index (χ1v) is 8.10. The van der Waals surface area contributed by atoms with Crippen molar-refractivity contribution < 1.29 is 4.79 Å². The van der Waals surface area contributed by atoms with Gasteiger partial charge in [-0.3, -0.25) is 4.79 Å². The Morgan fingerprint density at radius 1 is 1.35 bits per heavy atom. The summed E-state index contributed by atoms with van der Waals surface area (Å²) in [6, 6.07) is 9.31. The number of hydrogen-bond donors (Lipinski definition) is 2. The topological polar surface area (TPSA) is 91.1 Å². The first-order chi connectivity index (χ1) is 11.3. The van der Waals surface area contributed by atoms with Crippen LogP contribution in [0.25, 0.3) is 10.9 Å². The summed E-state index contributed by atoms with van der Waals surface area (Å²) in [6.07, 6.45) is 2.14. The molecule has 116 valence electrons. The van der Waals surface area contributed by atoms with Gasteiger partial charge in [0.15, 0.2) is 0 Å². The molecule has 2 N–H and O–H groups in total. The number of rotatable bonds is 6. The van der Waals surface area contributed by atoms with Gasteiger partial charge in [0.2, 0.25) is 5.91 Å². The fourth-order valence-electron chi connectivity index (χ4n) is 2.41. The number of benzene rings is 1. The molecule has 2 heterocycles. The zero-order valence-corrected chi connectivity index (χ0v) is 13.1. The third kappa shape index (κ3) is 3.57. The molecule has 1 atom stereocenters. The van der Waals surface area contributed by atoms with E-state index in [1.807, 2.05) is 41.1 Å². The molecule has 0 fully saturated rings. The summed E-state index contributed by atoms with van der Waals surface area (Å²) < 4.78 is 0.